The van der Waals surface area contributed by atoms with Crippen LogP contribution in [-0.4, -0.2) is 51.9 Å². The minimum atomic E-state index is -6.10. The van der Waals surface area contributed by atoms with Gasteiger partial charge in [0.1, 0.15) is 0 Å². The summed E-state index contributed by atoms with van der Waals surface area (Å²) in [6.45, 7) is 1.45. The maximum absolute atomic E-state index is 12.8. The first kappa shape index (κ1) is 27.0. The SMILES string of the molecule is Cc1ccccc1Nc1nc(OC(C(F)(F)F)C(F)(F)F)nc(OC(C(F)(F)F)C(F)(F)F)n1. The van der Waals surface area contributed by atoms with Crippen LogP contribution in [-0.2, 0) is 0 Å². The Morgan fingerprint density at radius 1 is 0.647 bits per heavy atom. The molecule has 2 rings (SSSR count). The lowest BCUT2D eigenvalue weighted by Crippen LogP contribution is -2.47. The predicted molar refractivity (Wildman–Crippen MR) is 87.3 cm³/mol. The van der Waals surface area contributed by atoms with E-state index in [9.17, 15) is 52.7 Å². The number of halogens is 12. The zero-order chi connectivity index (χ0) is 26.1. The highest BCUT2D eigenvalue weighted by atomic mass is 19.4. The molecule has 1 aromatic heterocycles. The Morgan fingerprint density at radius 3 is 1.38 bits per heavy atom. The molecule has 0 spiro atoms. The van der Waals surface area contributed by atoms with Gasteiger partial charge in [0.15, 0.2) is 0 Å². The van der Waals surface area contributed by atoms with Crippen LogP contribution in [0.2, 0.25) is 0 Å². The molecule has 0 unspecified atom stereocenters. The molecule has 1 heterocycles. The third-order valence-electron chi connectivity index (χ3n) is 3.62. The van der Waals surface area contributed by atoms with Crippen LogP contribution in [0, 0.1) is 6.92 Å². The van der Waals surface area contributed by atoms with Gasteiger partial charge in [-0.3, -0.25) is 0 Å². The number of benzene rings is 1. The molecule has 0 fully saturated rings. The fourth-order valence-electron chi connectivity index (χ4n) is 2.18. The van der Waals surface area contributed by atoms with Crippen molar-refractivity contribution in [1.29, 1.82) is 0 Å². The number of anilines is 2. The van der Waals surface area contributed by atoms with Gasteiger partial charge < -0.3 is 14.8 Å². The van der Waals surface area contributed by atoms with Crippen LogP contribution >= 0.6 is 0 Å². The molecule has 18 heteroatoms. The maximum atomic E-state index is 12.8. The Morgan fingerprint density at radius 2 is 1.03 bits per heavy atom. The molecule has 0 aliphatic heterocycles. The highest BCUT2D eigenvalue weighted by Crippen LogP contribution is 2.38. The Labute approximate surface area is 180 Å². The van der Waals surface area contributed by atoms with E-state index in [4.69, 9.17) is 0 Å². The van der Waals surface area contributed by atoms with Crippen LogP contribution < -0.4 is 14.8 Å². The molecule has 190 valence electrons. The van der Waals surface area contributed by atoms with E-state index in [1.165, 1.54) is 31.2 Å². The molecule has 34 heavy (non-hydrogen) atoms. The molecule has 6 nitrogen and oxygen atoms in total. The summed E-state index contributed by atoms with van der Waals surface area (Å²) in [5.41, 5.74) is 0.414. The van der Waals surface area contributed by atoms with Crippen LogP contribution in [0.5, 0.6) is 12.0 Å². The van der Waals surface area contributed by atoms with Gasteiger partial charge in [-0.25, -0.2) is 0 Å². The van der Waals surface area contributed by atoms with Crippen molar-refractivity contribution in [3.8, 4) is 12.0 Å². The number of alkyl halides is 12. The Kier molecular flexibility index (Phi) is 7.32. The van der Waals surface area contributed by atoms with Crippen molar-refractivity contribution in [2.75, 3.05) is 5.32 Å². The zero-order valence-corrected chi connectivity index (χ0v) is 16.2. The van der Waals surface area contributed by atoms with Crippen LogP contribution in [0.25, 0.3) is 0 Å². The van der Waals surface area contributed by atoms with Gasteiger partial charge in [-0.2, -0.15) is 62.7 Å². The molecule has 1 aromatic carbocycles. The number of nitrogens with zero attached hydrogens (tertiary/aromatic N) is 3. The molecule has 0 radical (unpaired) electrons. The van der Waals surface area contributed by atoms with Gasteiger partial charge in [0.05, 0.1) is 0 Å². The number of rotatable bonds is 6. The summed E-state index contributed by atoms with van der Waals surface area (Å²) in [5, 5.41) is 2.21. The van der Waals surface area contributed by atoms with E-state index in [0.29, 0.717) is 5.56 Å². The molecule has 1 N–H and O–H groups in total. The molecule has 0 atom stereocenters. The smallest absolute Gasteiger partial charge is 0.434 e. The van der Waals surface area contributed by atoms with E-state index in [-0.39, 0.29) is 5.69 Å². The van der Waals surface area contributed by atoms with Crippen LogP contribution in [0.15, 0.2) is 24.3 Å². The largest absolute Gasteiger partial charge is 0.440 e. The van der Waals surface area contributed by atoms with Crippen molar-refractivity contribution >= 4 is 11.6 Å². The first-order valence-electron chi connectivity index (χ1n) is 8.47. The maximum Gasteiger partial charge on any atom is 0.434 e. The quantitative estimate of drug-likeness (QED) is 0.498. The topological polar surface area (TPSA) is 69.2 Å². The molecular weight excluding hydrogens is 508 g/mol. The lowest BCUT2D eigenvalue weighted by molar-refractivity contribution is -0.302. The van der Waals surface area contributed by atoms with E-state index < -0.39 is 54.9 Å². The number of aryl methyl sites for hydroxylation is 1. The normalized spacial score (nSPS) is 13.4. The average molecular weight is 518 g/mol. The standard InChI is InChI=1S/C16H10F12N4O2/c1-6-4-2-3-5-7(6)29-10-30-11(33-8(13(17,18)19)14(20,21)22)32-12(31-10)34-9(15(23,24)25)16(26,27)28/h2-5,8-9H,1H3,(H,29,30,31,32). The zero-order valence-electron chi connectivity index (χ0n) is 16.2. The molecule has 0 aliphatic carbocycles. The lowest BCUT2D eigenvalue weighted by Gasteiger charge is -2.24. The van der Waals surface area contributed by atoms with Crippen molar-refractivity contribution in [3.05, 3.63) is 29.8 Å². The summed E-state index contributed by atoms with van der Waals surface area (Å²) in [4.78, 5) is 8.76. The summed E-state index contributed by atoms with van der Waals surface area (Å²) in [7, 11) is 0. The van der Waals surface area contributed by atoms with Crippen molar-refractivity contribution < 1.29 is 62.2 Å². The van der Waals surface area contributed by atoms with E-state index in [0.717, 1.165) is 0 Å². The van der Waals surface area contributed by atoms with E-state index in [1.807, 2.05) is 0 Å². The fourth-order valence-corrected chi connectivity index (χ4v) is 2.18. The molecule has 0 saturated heterocycles. The molecule has 0 amide bonds. The van der Waals surface area contributed by atoms with E-state index in [2.05, 4.69) is 29.7 Å². The molecule has 2 aromatic rings. The average Bonchev–Trinajstić information content (AvgIpc) is 2.62. The second-order valence-electron chi connectivity index (χ2n) is 6.33. The van der Waals surface area contributed by atoms with Crippen molar-refractivity contribution in [2.45, 2.75) is 43.8 Å². The highest BCUT2D eigenvalue weighted by Gasteiger charge is 2.61. The van der Waals surface area contributed by atoms with Crippen molar-refractivity contribution in [1.82, 2.24) is 15.0 Å². The first-order chi connectivity index (χ1) is 15.3. The minimum Gasteiger partial charge on any atom is -0.440 e. The molecule has 0 bridgehead atoms. The second-order valence-corrected chi connectivity index (χ2v) is 6.33. The molecule has 0 aliphatic rings. The third kappa shape index (κ3) is 7.14. The molecule has 0 saturated carbocycles. The number of nitrogens with one attached hydrogen (secondary N) is 1. The van der Waals surface area contributed by atoms with E-state index >= 15 is 0 Å². The van der Waals surface area contributed by atoms with Crippen molar-refractivity contribution in [3.63, 3.8) is 0 Å². The third-order valence-corrected chi connectivity index (χ3v) is 3.62. The number of hydrogen-bond acceptors (Lipinski definition) is 6. The van der Waals surface area contributed by atoms with Crippen LogP contribution in [0.3, 0.4) is 0 Å². The Balaban J connectivity index is 2.56. The summed E-state index contributed by atoms with van der Waals surface area (Å²) >= 11 is 0. The van der Waals surface area contributed by atoms with Gasteiger partial charge in [0.2, 0.25) is 5.95 Å². The van der Waals surface area contributed by atoms with Gasteiger partial charge >= 0.3 is 36.7 Å². The summed E-state index contributed by atoms with van der Waals surface area (Å²) in [6.07, 6.45) is -33.5. The first-order valence-corrected chi connectivity index (χ1v) is 8.47. The Bertz CT molecular complexity index is 907. The number of aromatic nitrogens is 3. The van der Waals surface area contributed by atoms with Gasteiger partial charge in [-0.15, -0.1) is 4.98 Å². The summed E-state index contributed by atoms with van der Waals surface area (Å²) in [5.74, 6) is -1.07. The molecular formula is C16H10F12N4O2. The van der Waals surface area contributed by atoms with Crippen LogP contribution in [0.4, 0.5) is 64.3 Å². The van der Waals surface area contributed by atoms with Gasteiger partial charge in [-0.05, 0) is 18.6 Å². The summed E-state index contributed by atoms with van der Waals surface area (Å²) < 4.78 is 160. The second kappa shape index (κ2) is 9.21. The lowest BCUT2D eigenvalue weighted by atomic mass is 10.2. The Hall–Kier alpha value is -3.21. The summed E-state index contributed by atoms with van der Waals surface area (Å²) in [6, 6.07) is 1.80. The number of ether oxygens (including phenoxy) is 2. The van der Waals surface area contributed by atoms with Crippen LogP contribution in [0.1, 0.15) is 5.56 Å². The predicted octanol–water partition coefficient (Wildman–Crippen LogP) is 5.67. The highest BCUT2D eigenvalue weighted by molar-refractivity contribution is 5.58. The minimum absolute atomic E-state index is 0.0389. The number of para-hydroxylation sites is 1. The van der Waals surface area contributed by atoms with E-state index in [1.54, 1.807) is 0 Å². The van der Waals surface area contributed by atoms with Gasteiger partial charge in [0.25, 0.3) is 12.2 Å². The monoisotopic (exact) mass is 518 g/mol. The fraction of sp³-hybridized carbons (Fsp3) is 0.438. The van der Waals surface area contributed by atoms with Gasteiger partial charge in [0, 0.05) is 5.69 Å². The van der Waals surface area contributed by atoms with Crippen molar-refractivity contribution in [2.24, 2.45) is 0 Å². The number of hydrogen-bond donors (Lipinski definition) is 1. The van der Waals surface area contributed by atoms with Gasteiger partial charge in [-0.1, -0.05) is 18.2 Å².